The number of Topliss-reactive ketones (excluding diaryl/α,β-unsaturated/α-hetero) is 1. The minimum absolute atomic E-state index is 0.0551. The Labute approximate surface area is 183 Å². The summed E-state index contributed by atoms with van der Waals surface area (Å²) >= 11 is 0. The predicted molar refractivity (Wildman–Crippen MR) is 121 cm³/mol. The number of anilines is 1. The quantitative estimate of drug-likeness (QED) is 0.771. The van der Waals surface area contributed by atoms with Gasteiger partial charge in [0.05, 0.1) is 24.7 Å². The molecule has 5 nitrogen and oxygen atoms in total. The third-order valence-electron chi connectivity index (χ3n) is 6.12. The summed E-state index contributed by atoms with van der Waals surface area (Å²) in [6.45, 7) is 6.22. The molecule has 0 radical (unpaired) electrons. The molecule has 2 aromatic carbocycles. The zero-order chi connectivity index (χ0) is 22.3. The lowest BCUT2D eigenvalue weighted by atomic mass is 9.68. The number of carbonyl (C=O) groups excluding carboxylic acids is 1. The maximum absolute atomic E-state index is 13.5. The van der Waals surface area contributed by atoms with Gasteiger partial charge in [-0.25, -0.2) is 0 Å². The predicted octanol–water partition coefficient (Wildman–Crippen LogP) is 4.94. The van der Waals surface area contributed by atoms with Crippen LogP contribution in [0.2, 0.25) is 0 Å². The number of nitrogens with zero attached hydrogens (tertiary/aromatic N) is 2. The van der Waals surface area contributed by atoms with Gasteiger partial charge in [-0.1, -0.05) is 49.7 Å². The number of hydrogen-bond donors (Lipinski definition) is 1. The monoisotopic (exact) mass is 413 g/mol. The van der Waals surface area contributed by atoms with Crippen molar-refractivity contribution in [2.24, 2.45) is 11.1 Å². The van der Waals surface area contributed by atoms with Crippen molar-refractivity contribution in [2.75, 3.05) is 12.0 Å². The lowest BCUT2D eigenvalue weighted by Gasteiger charge is -2.44. The SMILES string of the molecule is COc1ccccc1[C@@H]1C(C#N)=C(N)N(c2ccc(C)cc2)C2=C1C(=O)CC(C)(C)C2. The maximum atomic E-state index is 13.5. The minimum atomic E-state index is -0.540. The van der Waals surface area contributed by atoms with Crippen LogP contribution in [0, 0.1) is 23.7 Å². The molecule has 0 unspecified atom stereocenters. The van der Waals surface area contributed by atoms with Crippen LogP contribution in [0.1, 0.15) is 43.7 Å². The largest absolute Gasteiger partial charge is 0.496 e. The van der Waals surface area contributed by atoms with Crippen molar-refractivity contribution < 1.29 is 9.53 Å². The van der Waals surface area contributed by atoms with E-state index >= 15 is 0 Å². The first-order valence-corrected chi connectivity index (χ1v) is 10.4. The second-order valence-corrected chi connectivity index (χ2v) is 9.06. The first-order valence-electron chi connectivity index (χ1n) is 10.4. The molecule has 0 aromatic heterocycles. The highest BCUT2D eigenvalue weighted by Gasteiger charge is 2.45. The van der Waals surface area contributed by atoms with Crippen molar-refractivity contribution in [1.82, 2.24) is 0 Å². The maximum Gasteiger partial charge on any atom is 0.162 e. The molecule has 0 spiro atoms. The first-order chi connectivity index (χ1) is 14.8. The van der Waals surface area contributed by atoms with Gasteiger partial charge in [0.15, 0.2) is 5.78 Å². The molecule has 0 bridgehead atoms. The van der Waals surface area contributed by atoms with Crippen LogP contribution in [0.3, 0.4) is 0 Å². The number of methoxy groups -OCH3 is 1. The first kappa shape index (κ1) is 20.7. The molecule has 0 saturated carbocycles. The van der Waals surface area contributed by atoms with Crippen LogP contribution in [0.25, 0.3) is 0 Å². The van der Waals surface area contributed by atoms with Crippen molar-refractivity contribution >= 4 is 11.5 Å². The Hall–Kier alpha value is -3.52. The van der Waals surface area contributed by atoms with Gasteiger partial charge in [-0.05, 0) is 37.0 Å². The second-order valence-electron chi connectivity index (χ2n) is 9.06. The minimum Gasteiger partial charge on any atom is -0.496 e. The molecule has 1 atom stereocenters. The number of hydrogen-bond acceptors (Lipinski definition) is 5. The Morgan fingerprint density at radius 3 is 2.45 bits per heavy atom. The van der Waals surface area contributed by atoms with Gasteiger partial charge in [0, 0.05) is 28.9 Å². The molecule has 5 heteroatoms. The summed E-state index contributed by atoms with van der Waals surface area (Å²) in [5.41, 5.74) is 11.1. The zero-order valence-corrected chi connectivity index (χ0v) is 18.4. The highest BCUT2D eigenvalue weighted by Crippen LogP contribution is 2.51. The van der Waals surface area contributed by atoms with Crippen LogP contribution in [0.4, 0.5) is 5.69 Å². The van der Waals surface area contributed by atoms with Crippen molar-refractivity contribution in [3.8, 4) is 11.8 Å². The van der Waals surface area contributed by atoms with Crippen LogP contribution >= 0.6 is 0 Å². The van der Waals surface area contributed by atoms with Crippen LogP contribution in [-0.2, 0) is 4.79 Å². The van der Waals surface area contributed by atoms with Crippen molar-refractivity contribution in [2.45, 2.75) is 39.5 Å². The molecule has 1 aliphatic heterocycles. The molecular formula is C26H27N3O2. The number of rotatable bonds is 3. The molecule has 4 rings (SSSR count). The molecule has 0 amide bonds. The number of benzene rings is 2. The van der Waals surface area contributed by atoms with Crippen LogP contribution in [-0.4, -0.2) is 12.9 Å². The molecule has 2 N–H and O–H groups in total. The lowest BCUT2D eigenvalue weighted by molar-refractivity contribution is -0.118. The number of nitrogens with two attached hydrogens (primary N) is 1. The third-order valence-corrected chi connectivity index (χ3v) is 6.12. The van der Waals surface area contributed by atoms with E-state index in [9.17, 15) is 10.1 Å². The van der Waals surface area contributed by atoms with E-state index in [0.717, 1.165) is 22.5 Å². The zero-order valence-electron chi connectivity index (χ0n) is 18.4. The van der Waals surface area contributed by atoms with Gasteiger partial charge in [0.25, 0.3) is 0 Å². The fraction of sp³-hybridized carbons (Fsp3) is 0.308. The summed E-state index contributed by atoms with van der Waals surface area (Å²) in [5, 5.41) is 10.2. The summed E-state index contributed by atoms with van der Waals surface area (Å²) in [6, 6.07) is 17.8. The summed E-state index contributed by atoms with van der Waals surface area (Å²) in [6.07, 6.45) is 1.12. The average Bonchev–Trinajstić information content (AvgIpc) is 2.73. The molecule has 1 aliphatic carbocycles. The summed E-state index contributed by atoms with van der Waals surface area (Å²) in [5.74, 6) is 0.522. The average molecular weight is 414 g/mol. The number of allylic oxidation sites excluding steroid dienone is 3. The molecule has 158 valence electrons. The van der Waals surface area contributed by atoms with E-state index in [0.29, 0.717) is 35.6 Å². The van der Waals surface area contributed by atoms with Gasteiger partial charge < -0.3 is 10.5 Å². The van der Waals surface area contributed by atoms with Gasteiger partial charge in [-0.2, -0.15) is 5.26 Å². The Morgan fingerprint density at radius 1 is 1.13 bits per heavy atom. The number of ketones is 1. The molecule has 31 heavy (non-hydrogen) atoms. The molecule has 2 aromatic rings. The van der Waals surface area contributed by atoms with E-state index < -0.39 is 5.92 Å². The topological polar surface area (TPSA) is 79.3 Å². The van der Waals surface area contributed by atoms with Crippen LogP contribution in [0.5, 0.6) is 5.75 Å². The van der Waals surface area contributed by atoms with E-state index in [1.54, 1.807) is 7.11 Å². The Bertz CT molecular complexity index is 1150. The Balaban J connectivity index is 2.02. The molecule has 0 saturated heterocycles. The number of nitriles is 1. The van der Waals surface area contributed by atoms with Crippen LogP contribution < -0.4 is 15.4 Å². The van der Waals surface area contributed by atoms with Gasteiger partial charge in [-0.15, -0.1) is 0 Å². The molecular weight excluding hydrogens is 386 g/mol. The fourth-order valence-electron chi connectivity index (χ4n) is 4.71. The molecule has 0 fully saturated rings. The van der Waals surface area contributed by atoms with Crippen molar-refractivity contribution in [3.63, 3.8) is 0 Å². The normalized spacial score (nSPS) is 20.4. The standard InChI is InChI=1S/C26H27N3O2/c1-16-9-11-17(12-10-16)29-20-13-26(2,3)14-21(30)24(20)23(19(15-27)25(29)28)18-7-5-6-8-22(18)31-4/h5-12,23H,13-14,28H2,1-4H3/t23-/m1/s1. The fourth-order valence-corrected chi connectivity index (χ4v) is 4.71. The van der Waals surface area contributed by atoms with Crippen molar-refractivity contribution in [3.05, 3.63) is 82.3 Å². The number of carbonyl (C=O) groups is 1. The summed E-state index contributed by atoms with van der Waals surface area (Å²) in [4.78, 5) is 15.4. The van der Waals surface area contributed by atoms with Crippen molar-refractivity contribution in [1.29, 1.82) is 5.26 Å². The number of aryl methyl sites for hydroxylation is 1. The number of ether oxygens (including phenoxy) is 1. The van der Waals surface area contributed by atoms with Gasteiger partial charge in [0.1, 0.15) is 11.6 Å². The van der Waals surface area contributed by atoms with Gasteiger partial charge in [0.2, 0.25) is 0 Å². The molecule has 1 heterocycles. The molecule has 2 aliphatic rings. The smallest absolute Gasteiger partial charge is 0.162 e. The van der Waals surface area contributed by atoms with E-state index in [4.69, 9.17) is 10.5 Å². The van der Waals surface area contributed by atoms with E-state index in [-0.39, 0.29) is 11.2 Å². The summed E-state index contributed by atoms with van der Waals surface area (Å²) < 4.78 is 5.59. The van der Waals surface area contributed by atoms with E-state index in [2.05, 4.69) is 19.9 Å². The van der Waals surface area contributed by atoms with Crippen LogP contribution in [0.15, 0.2) is 71.2 Å². The second kappa shape index (κ2) is 7.63. The Kier molecular flexibility index (Phi) is 5.10. The van der Waals surface area contributed by atoms with E-state index in [1.807, 2.05) is 60.4 Å². The number of para-hydroxylation sites is 1. The van der Waals surface area contributed by atoms with Gasteiger partial charge in [-0.3, -0.25) is 9.69 Å². The van der Waals surface area contributed by atoms with E-state index in [1.165, 1.54) is 0 Å². The third kappa shape index (κ3) is 3.48. The summed E-state index contributed by atoms with van der Waals surface area (Å²) in [7, 11) is 1.60. The lowest BCUT2D eigenvalue weighted by Crippen LogP contribution is -2.42. The highest BCUT2D eigenvalue weighted by molar-refractivity contribution is 6.01. The highest BCUT2D eigenvalue weighted by atomic mass is 16.5. The Morgan fingerprint density at radius 2 is 1.81 bits per heavy atom. The van der Waals surface area contributed by atoms with Gasteiger partial charge >= 0.3 is 0 Å².